The fourth-order valence-electron chi connectivity index (χ4n) is 1.75. The van der Waals surface area contributed by atoms with Crippen LogP contribution in [0.2, 0.25) is 10.0 Å². The molecule has 0 fully saturated rings. The van der Waals surface area contributed by atoms with Crippen molar-refractivity contribution in [2.75, 3.05) is 7.11 Å². The van der Waals surface area contributed by atoms with Gasteiger partial charge in [-0.25, -0.2) is 4.79 Å². The lowest BCUT2D eigenvalue weighted by Gasteiger charge is -2.08. The van der Waals surface area contributed by atoms with Crippen molar-refractivity contribution in [3.8, 4) is 5.75 Å². The van der Waals surface area contributed by atoms with Crippen LogP contribution in [0.5, 0.6) is 5.75 Å². The summed E-state index contributed by atoms with van der Waals surface area (Å²) in [7, 11) is 1.66. The average molecular weight is 410 g/mol. The van der Waals surface area contributed by atoms with Crippen molar-refractivity contribution in [3.63, 3.8) is 0 Å². The van der Waals surface area contributed by atoms with Crippen LogP contribution in [0, 0.1) is 0 Å². The van der Waals surface area contributed by atoms with E-state index in [1.165, 1.54) is 5.56 Å². The van der Waals surface area contributed by atoms with Crippen LogP contribution in [0.3, 0.4) is 0 Å². The standard InChI is InChI=1S/C15H15Cl2NO.C2HF3O2/c1-19-14-6-2-11(3-7-14)9-18-10-12-4-5-13(16)8-15(12)17;3-2(4,5)1(6)7/h2-8,18H,9-10H2,1H3;(H,6,7). The number of ether oxygens (including phenoxy) is 1. The van der Waals surface area contributed by atoms with Crippen LogP contribution in [0.4, 0.5) is 13.2 Å². The number of aliphatic carboxylic acids is 1. The zero-order valence-corrected chi connectivity index (χ0v) is 15.1. The van der Waals surface area contributed by atoms with Gasteiger partial charge < -0.3 is 15.2 Å². The number of hydrogen-bond acceptors (Lipinski definition) is 3. The van der Waals surface area contributed by atoms with Gasteiger partial charge in [0.2, 0.25) is 0 Å². The van der Waals surface area contributed by atoms with Crippen LogP contribution in [0.1, 0.15) is 11.1 Å². The second-order valence-electron chi connectivity index (χ2n) is 4.99. The number of hydrogen-bond donors (Lipinski definition) is 2. The third-order valence-electron chi connectivity index (χ3n) is 3.06. The van der Waals surface area contributed by atoms with Gasteiger partial charge in [-0.15, -0.1) is 0 Å². The molecule has 0 aliphatic heterocycles. The van der Waals surface area contributed by atoms with E-state index in [4.69, 9.17) is 37.8 Å². The summed E-state index contributed by atoms with van der Waals surface area (Å²) in [5, 5.41) is 11.8. The van der Waals surface area contributed by atoms with E-state index in [1.807, 2.05) is 36.4 Å². The maximum absolute atomic E-state index is 10.6. The molecule has 0 unspecified atom stereocenters. The number of carboxylic acids is 1. The Bertz CT molecular complexity index is 722. The Morgan fingerprint density at radius 2 is 1.69 bits per heavy atom. The molecule has 2 N–H and O–H groups in total. The predicted octanol–water partition coefficient (Wildman–Crippen LogP) is 4.93. The van der Waals surface area contributed by atoms with Gasteiger partial charge in [-0.3, -0.25) is 0 Å². The highest BCUT2D eigenvalue weighted by atomic mass is 35.5. The molecule has 0 spiro atoms. The molecule has 2 aromatic rings. The summed E-state index contributed by atoms with van der Waals surface area (Å²) >= 11 is 12.0. The molecule has 0 aromatic heterocycles. The van der Waals surface area contributed by atoms with Crippen molar-refractivity contribution >= 4 is 29.2 Å². The summed E-state index contributed by atoms with van der Waals surface area (Å²) in [5.74, 6) is -1.89. The van der Waals surface area contributed by atoms with E-state index in [0.717, 1.165) is 17.9 Å². The zero-order chi connectivity index (χ0) is 19.7. The van der Waals surface area contributed by atoms with Crippen molar-refractivity contribution in [1.29, 1.82) is 0 Å². The van der Waals surface area contributed by atoms with Crippen LogP contribution in [0.15, 0.2) is 42.5 Å². The second kappa shape index (κ2) is 10.3. The fourth-order valence-corrected chi connectivity index (χ4v) is 2.23. The topological polar surface area (TPSA) is 58.6 Å². The Labute approximate surface area is 158 Å². The number of halogens is 5. The molecule has 0 aliphatic rings. The second-order valence-corrected chi connectivity index (χ2v) is 5.83. The molecule has 0 heterocycles. The highest BCUT2D eigenvalue weighted by Gasteiger charge is 2.38. The van der Waals surface area contributed by atoms with Gasteiger partial charge in [-0.2, -0.15) is 13.2 Å². The molecule has 2 aromatic carbocycles. The summed E-state index contributed by atoms with van der Waals surface area (Å²) in [6.07, 6.45) is -5.08. The third kappa shape index (κ3) is 7.95. The third-order valence-corrected chi connectivity index (χ3v) is 3.65. The van der Waals surface area contributed by atoms with Crippen molar-refractivity contribution in [2.24, 2.45) is 0 Å². The lowest BCUT2D eigenvalue weighted by molar-refractivity contribution is -0.192. The highest BCUT2D eigenvalue weighted by molar-refractivity contribution is 6.35. The fraction of sp³-hybridized carbons (Fsp3) is 0.235. The first-order valence-corrected chi connectivity index (χ1v) is 7.96. The van der Waals surface area contributed by atoms with Crippen LogP contribution in [-0.4, -0.2) is 24.4 Å². The highest BCUT2D eigenvalue weighted by Crippen LogP contribution is 2.21. The molecule has 0 saturated carbocycles. The van der Waals surface area contributed by atoms with E-state index in [-0.39, 0.29) is 0 Å². The Morgan fingerprint density at radius 3 is 2.15 bits per heavy atom. The van der Waals surface area contributed by atoms with Crippen LogP contribution >= 0.6 is 23.2 Å². The van der Waals surface area contributed by atoms with E-state index in [0.29, 0.717) is 16.6 Å². The lowest BCUT2D eigenvalue weighted by atomic mass is 10.2. The van der Waals surface area contributed by atoms with E-state index < -0.39 is 12.1 Å². The number of carbonyl (C=O) groups is 1. The van der Waals surface area contributed by atoms with Gasteiger partial charge in [-0.1, -0.05) is 41.4 Å². The van der Waals surface area contributed by atoms with E-state index in [2.05, 4.69) is 5.32 Å². The number of methoxy groups -OCH3 is 1. The zero-order valence-electron chi connectivity index (χ0n) is 13.6. The van der Waals surface area contributed by atoms with Crippen molar-refractivity contribution in [1.82, 2.24) is 5.32 Å². The van der Waals surface area contributed by atoms with Gasteiger partial charge in [-0.05, 0) is 35.4 Å². The average Bonchev–Trinajstić information content (AvgIpc) is 2.57. The summed E-state index contributed by atoms with van der Waals surface area (Å²) in [6, 6.07) is 13.5. The Balaban J connectivity index is 0.000000412. The number of rotatable bonds is 5. The maximum Gasteiger partial charge on any atom is 0.490 e. The molecular formula is C17H16Cl2F3NO3. The minimum absolute atomic E-state index is 0.656. The van der Waals surface area contributed by atoms with Crippen LogP contribution in [0.25, 0.3) is 0 Å². The lowest BCUT2D eigenvalue weighted by Crippen LogP contribution is -2.21. The Hall–Kier alpha value is -1.96. The van der Waals surface area contributed by atoms with Gasteiger partial charge >= 0.3 is 12.1 Å². The molecule has 0 aliphatic carbocycles. The molecule has 26 heavy (non-hydrogen) atoms. The van der Waals surface area contributed by atoms with Gasteiger partial charge in [0, 0.05) is 23.1 Å². The smallest absolute Gasteiger partial charge is 0.490 e. The van der Waals surface area contributed by atoms with Gasteiger partial charge in [0.1, 0.15) is 5.75 Å². The first-order chi connectivity index (χ1) is 12.1. The summed E-state index contributed by atoms with van der Waals surface area (Å²) < 4.78 is 36.9. The monoisotopic (exact) mass is 409 g/mol. The van der Waals surface area contributed by atoms with Crippen molar-refractivity contribution in [2.45, 2.75) is 19.3 Å². The first kappa shape index (κ1) is 22.1. The van der Waals surface area contributed by atoms with Crippen LogP contribution in [-0.2, 0) is 17.9 Å². The molecule has 9 heteroatoms. The Morgan fingerprint density at radius 1 is 1.12 bits per heavy atom. The molecule has 0 atom stereocenters. The number of nitrogens with one attached hydrogen (secondary N) is 1. The summed E-state index contributed by atoms with van der Waals surface area (Å²) in [5.41, 5.74) is 2.24. The van der Waals surface area contributed by atoms with Crippen molar-refractivity contribution < 1.29 is 27.8 Å². The molecule has 4 nitrogen and oxygen atoms in total. The minimum Gasteiger partial charge on any atom is -0.497 e. The van der Waals surface area contributed by atoms with E-state index in [9.17, 15) is 13.2 Å². The molecule has 0 radical (unpaired) electrons. The van der Waals surface area contributed by atoms with Gasteiger partial charge in [0.05, 0.1) is 7.11 Å². The largest absolute Gasteiger partial charge is 0.497 e. The SMILES string of the molecule is COc1ccc(CNCc2ccc(Cl)cc2Cl)cc1.O=C(O)C(F)(F)F. The van der Waals surface area contributed by atoms with Crippen LogP contribution < -0.4 is 10.1 Å². The first-order valence-electron chi connectivity index (χ1n) is 7.21. The van der Waals surface area contributed by atoms with E-state index >= 15 is 0 Å². The molecule has 0 amide bonds. The molecule has 0 bridgehead atoms. The molecule has 2 rings (SSSR count). The molecular weight excluding hydrogens is 394 g/mol. The summed E-state index contributed by atoms with van der Waals surface area (Å²) in [4.78, 5) is 8.90. The quantitative estimate of drug-likeness (QED) is 0.735. The predicted molar refractivity (Wildman–Crippen MR) is 93.7 cm³/mol. The maximum atomic E-state index is 10.6. The number of carboxylic acid groups (broad SMARTS) is 1. The number of benzene rings is 2. The minimum atomic E-state index is -5.08. The van der Waals surface area contributed by atoms with Crippen molar-refractivity contribution in [3.05, 3.63) is 63.6 Å². The van der Waals surface area contributed by atoms with Gasteiger partial charge in [0.25, 0.3) is 0 Å². The summed E-state index contributed by atoms with van der Waals surface area (Å²) in [6.45, 7) is 1.49. The Kier molecular flexibility index (Phi) is 8.71. The molecule has 142 valence electrons. The molecule has 0 saturated heterocycles. The number of alkyl halides is 3. The normalized spacial score (nSPS) is 10.7. The van der Waals surface area contributed by atoms with Gasteiger partial charge in [0.15, 0.2) is 0 Å². The van der Waals surface area contributed by atoms with E-state index in [1.54, 1.807) is 13.2 Å².